The average molecular weight is 449 g/mol. The molecule has 2 aliphatic rings. The van der Waals surface area contributed by atoms with Crippen LogP contribution in [0.2, 0.25) is 0 Å². The number of nitrogens with zero attached hydrogens (tertiary/aromatic N) is 6. The molecule has 0 N–H and O–H groups in total. The van der Waals surface area contributed by atoms with Crippen LogP contribution in [-0.4, -0.2) is 69.3 Å². The Kier molecular flexibility index (Phi) is 6.50. The summed E-state index contributed by atoms with van der Waals surface area (Å²) in [6, 6.07) is 4.81. The van der Waals surface area contributed by atoms with Gasteiger partial charge in [0.1, 0.15) is 17.6 Å². The predicted octanol–water partition coefficient (Wildman–Crippen LogP) is 3.04. The smallest absolute Gasteiger partial charge is 0.159 e. The minimum Gasteiger partial charge on any atom is -0.489 e. The number of allylic oxidation sites excluding steroid dienone is 6. The SMILES string of the molecule is Fc1cccc2nnn(CC3=CCC=CC(c4ncc(OCCN5CCOCC5)cn4)=C3)c12. The van der Waals surface area contributed by atoms with Crippen LogP contribution in [0.3, 0.4) is 0 Å². The zero-order chi connectivity index (χ0) is 22.5. The van der Waals surface area contributed by atoms with Gasteiger partial charge in [0.25, 0.3) is 0 Å². The molecule has 2 aromatic heterocycles. The van der Waals surface area contributed by atoms with Crippen molar-refractivity contribution < 1.29 is 13.9 Å². The van der Waals surface area contributed by atoms with Gasteiger partial charge in [0.05, 0.1) is 32.2 Å². The molecule has 170 valence electrons. The van der Waals surface area contributed by atoms with E-state index >= 15 is 0 Å². The molecule has 1 saturated heterocycles. The summed E-state index contributed by atoms with van der Waals surface area (Å²) in [5.41, 5.74) is 2.81. The van der Waals surface area contributed by atoms with Gasteiger partial charge in [-0.3, -0.25) is 4.90 Å². The zero-order valence-electron chi connectivity index (χ0n) is 18.2. The Morgan fingerprint density at radius 2 is 1.97 bits per heavy atom. The monoisotopic (exact) mass is 448 g/mol. The van der Waals surface area contributed by atoms with E-state index in [-0.39, 0.29) is 5.82 Å². The van der Waals surface area contributed by atoms with E-state index in [0.29, 0.717) is 35.8 Å². The highest BCUT2D eigenvalue weighted by atomic mass is 19.1. The van der Waals surface area contributed by atoms with Crippen LogP contribution in [-0.2, 0) is 11.3 Å². The topological polar surface area (TPSA) is 78.2 Å². The lowest BCUT2D eigenvalue weighted by Gasteiger charge is -2.26. The lowest BCUT2D eigenvalue weighted by atomic mass is 10.1. The lowest BCUT2D eigenvalue weighted by molar-refractivity contribution is 0.0322. The molecule has 33 heavy (non-hydrogen) atoms. The Morgan fingerprint density at radius 1 is 1.12 bits per heavy atom. The number of ether oxygens (including phenoxy) is 2. The highest BCUT2D eigenvalue weighted by Crippen LogP contribution is 2.22. The number of para-hydroxylation sites is 1. The maximum atomic E-state index is 14.3. The van der Waals surface area contributed by atoms with Crippen LogP contribution in [0.5, 0.6) is 5.75 Å². The van der Waals surface area contributed by atoms with Crippen LogP contribution in [0, 0.1) is 5.82 Å². The third kappa shape index (κ3) is 5.15. The molecule has 8 nitrogen and oxygen atoms in total. The second kappa shape index (κ2) is 10.0. The van der Waals surface area contributed by atoms with Gasteiger partial charge in [-0.2, -0.15) is 0 Å². The highest BCUT2D eigenvalue weighted by Gasteiger charge is 2.13. The van der Waals surface area contributed by atoms with Gasteiger partial charge >= 0.3 is 0 Å². The maximum Gasteiger partial charge on any atom is 0.159 e. The van der Waals surface area contributed by atoms with Gasteiger partial charge in [0, 0.05) is 25.2 Å². The van der Waals surface area contributed by atoms with Crippen LogP contribution < -0.4 is 4.74 Å². The van der Waals surface area contributed by atoms with Crippen molar-refractivity contribution in [2.24, 2.45) is 0 Å². The Balaban J connectivity index is 1.25. The number of fused-ring (bicyclic) bond motifs is 1. The number of halogens is 1. The van der Waals surface area contributed by atoms with Crippen LogP contribution in [0.4, 0.5) is 4.39 Å². The predicted molar refractivity (Wildman–Crippen MR) is 122 cm³/mol. The van der Waals surface area contributed by atoms with Gasteiger partial charge in [0.15, 0.2) is 17.4 Å². The maximum absolute atomic E-state index is 14.3. The average Bonchev–Trinajstić information content (AvgIpc) is 3.11. The summed E-state index contributed by atoms with van der Waals surface area (Å²) in [6.45, 7) is 5.27. The first-order valence-corrected chi connectivity index (χ1v) is 11.1. The molecule has 1 aromatic carbocycles. The van der Waals surface area contributed by atoms with Crippen molar-refractivity contribution in [2.45, 2.75) is 13.0 Å². The standard InChI is InChI=1S/C24H25FN6O2/c25-21-6-3-7-22-23(21)31(29-28-22)17-18-4-1-2-5-19(14-18)24-26-15-20(16-27-24)33-13-10-30-8-11-32-12-9-30/h2-7,14-16H,1,8-13,17H2. The van der Waals surface area contributed by atoms with Gasteiger partial charge in [0.2, 0.25) is 0 Å². The van der Waals surface area contributed by atoms with Crippen molar-refractivity contribution >= 4 is 16.6 Å². The first kappa shape index (κ1) is 21.4. The highest BCUT2D eigenvalue weighted by molar-refractivity contribution is 5.75. The van der Waals surface area contributed by atoms with Gasteiger partial charge in [-0.05, 0) is 30.2 Å². The Bertz CT molecular complexity index is 1200. The molecule has 9 heteroatoms. The van der Waals surface area contributed by atoms with Gasteiger partial charge in [-0.1, -0.05) is 29.5 Å². The molecule has 0 atom stereocenters. The zero-order valence-corrected chi connectivity index (χ0v) is 18.2. The second-order valence-corrected chi connectivity index (χ2v) is 7.92. The van der Waals surface area contributed by atoms with Crippen LogP contribution >= 0.6 is 0 Å². The minimum absolute atomic E-state index is 0.332. The molecule has 0 bridgehead atoms. The van der Waals surface area contributed by atoms with Crippen molar-refractivity contribution in [1.82, 2.24) is 29.9 Å². The molecule has 0 spiro atoms. The third-order valence-electron chi connectivity index (χ3n) is 5.64. The molecular formula is C24H25FN6O2. The van der Waals surface area contributed by atoms with Crippen molar-refractivity contribution in [3.05, 3.63) is 72.1 Å². The van der Waals surface area contributed by atoms with Crippen molar-refractivity contribution in [3.8, 4) is 5.75 Å². The molecule has 3 heterocycles. The molecule has 0 radical (unpaired) electrons. The summed E-state index contributed by atoms with van der Waals surface area (Å²) in [7, 11) is 0. The summed E-state index contributed by atoms with van der Waals surface area (Å²) < 4.78 is 27.1. The summed E-state index contributed by atoms with van der Waals surface area (Å²) in [6.07, 6.45) is 12.3. The number of hydrogen-bond donors (Lipinski definition) is 0. The van der Waals surface area contributed by atoms with Crippen LogP contribution in [0.1, 0.15) is 12.2 Å². The number of morpholine rings is 1. The largest absolute Gasteiger partial charge is 0.489 e. The summed E-state index contributed by atoms with van der Waals surface area (Å²) >= 11 is 0. The van der Waals surface area contributed by atoms with Crippen LogP contribution in [0.15, 0.2) is 60.5 Å². The molecule has 1 fully saturated rings. The van der Waals surface area contributed by atoms with Crippen molar-refractivity contribution in [2.75, 3.05) is 39.5 Å². The van der Waals surface area contributed by atoms with E-state index in [1.54, 1.807) is 29.2 Å². The second-order valence-electron chi connectivity index (χ2n) is 7.92. The van der Waals surface area contributed by atoms with E-state index in [1.165, 1.54) is 6.07 Å². The molecule has 1 aliphatic heterocycles. The fourth-order valence-electron chi connectivity index (χ4n) is 3.90. The normalized spacial score (nSPS) is 17.0. The van der Waals surface area contributed by atoms with E-state index in [9.17, 15) is 4.39 Å². The number of benzene rings is 1. The molecule has 5 rings (SSSR count). The summed E-state index contributed by atoms with van der Waals surface area (Å²) in [5, 5.41) is 8.20. The summed E-state index contributed by atoms with van der Waals surface area (Å²) in [4.78, 5) is 11.3. The van der Waals surface area contributed by atoms with E-state index in [1.807, 2.05) is 12.2 Å². The first-order valence-electron chi connectivity index (χ1n) is 11.1. The van der Waals surface area contributed by atoms with Crippen LogP contribution in [0.25, 0.3) is 16.6 Å². The van der Waals surface area contributed by atoms with E-state index in [0.717, 1.165) is 50.4 Å². The fraction of sp³-hybridized carbons (Fsp3) is 0.333. The first-order chi connectivity index (χ1) is 16.3. The molecule has 0 saturated carbocycles. The minimum atomic E-state index is -0.332. The molecule has 0 amide bonds. The van der Waals surface area contributed by atoms with Crippen molar-refractivity contribution in [1.29, 1.82) is 0 Å². The molecule has 1 aliphatic carbocycles. The van der Waals surface area contributed by atoms with Crippen molar-refractivity contribution in [3.63, 3.8) is 0 Å². The molecular weight excluding hydrogens is 423 g/mol. The quantitative estimate of drug-likeness (QED) is 0.550. The number of hydrogen-bond acceptors (Lipinski definition) is 7. The van der Waals surface area contributed by atoms with Gasteiger partial charge < -0.3 is 9.47 Å². The van der Waals surface area contributed by atoms with Gasteiger partial charge in [-0.15, -0.1) is 5.10 Å². The number of aromatic nitrogens is 5. The lowest BCUT2D eigenvalue weighted by Crippen LogP contribution is -2.38. The third-order valence-corrected chi connectivity index (χ3v) is 5.64. The number of rotatable bonds is 7. The molecule has 0 unspecified atom stereocenters. The fourth-order valence-corrected chi connectivity index (χ4v) is 3.90. The Labute approximate surface area is 191 Å². The van der Waals surface area contributed by atoms with E-state index < -0.39 is 0 Å². The Hall–Kier alpha value is -3.43. The van der Waals surface area contributed by atoms with E-state index in [2.05, 4.69) is 37.3 Å². The summed E-state index contributed by atoms with van der Waals surface area (Å²) in [5.74, 6) is 0.918. The molecule has 3 aromatic rings. The Morgan fingerprint density at radius 3 is 2.82 bits per heavy atom. The van der Waals surface area contributed by atoms with E-state index in [4.69, 9.17) is 9.47 Å². The van der Waals surface area contributed by atoms with Gasteiger partial charge in [-0.25, -0.2) is 19.0 Å².